The second-order valence-electron chi connectivity index (χ2n) is 6.27. The van der Waals surface area contributed by atoms with Crippen molar-refractivity contribution in [3.05, 3.63) is 59.8 Å². The molecular formula is C22H24N2. The van der Waals surface area contributed by atoms with Crippen LogP contribution in [0.25, 0.3) is 22.0 Å². The van der Waals surface area contributed by atoms with Gasteiger partial charge in [-0.15, -0.1) is 0 Å². The van der Waals surface area contributed by atoms with Gasteiger partial charge in [-0.3, -0.25) is 9.98 Å². The van der Waals surface area contributed by atoms with Gasteiger partial charge in [-0.1, -0.05) is 45.0 Å². The fraction of sp³-hybridized carbons (Fsp3) is 0.273. The molecule has 3 rings (SSSR count). The van der Waals surface area contributed by atoms with Crippen molar-refractivity contribution in [1.29, 1.82) is 0 Å². The van der Waals surface area contributed by atoms with Crippen LogP contribution in [0.4, 0.5) is 5.69 Å². The second kappa shape index (κ2) is 6.96. The highest BCUT2D eigenvalue weighted by molar-refractivity contribution is 5.94. The van der Waals surface area contributed by atoms with Crippen molar-refractivity contribution in [3.8, 4) is 11.1 Å². The minimum absolute atomic E-state index is 0.457. The third-order valence-electron chi connectivity index (χ3n) is 4.84. The van der Waals surface area contributed by atoms with Gasteiger partial charge >= 0.3 is 0 Å². The molecule has 0 fully saturated rings. The van der Waals surface area contributed by atoms with Crippen LogP contribution in [0.3, 0.4) is 0 Å². The van der Waals surface area contributed by atoms with E-state index in [0.29, 0.717) is 5.92 Å². The van der Waals surface area contributed by atoms with Gasteiger partial charge in [-0.2, -0.15) is 0 Å². The summed E-state index contributed by atoms with van der Waals surface area (Å²) in [6, 6.07) is 15.0. The van der Waals surface area contributed by atoms with Crippen LogP contribution >= 0.6 is 0 Å². The molecule has 0 aliphatic heterocycles. The van der Waals surface area contributed by atoms with Gasteiger partial charge in [-0.25, -0.2) is 0 Å². The largest absolute Gasteiger partial charge is 0.264 e. The van der Waals surface area contributed by atoms with Gasteiger partial charge in [-0.05, 0) is 60.4 Å². The molecule has 0 bridgehead atoms. The average Bonchev–Trinajstić information content (AvgIpc) is 2.65. The van der Waals surface area contributed by atoms with E-state index >= 15 is 0 Å². The molecule has 24 heavy (non-hydrogen) atoms. The number of aromatic nitrogens is 1. The van der Waals surface area contributed by atoms with Crippen molar-refractivity contribution in [2.45, 2.75) is 39.5 Å². The maximum absolute atomic E-state index is 4.61. The minimum Gasteiger partial charge on any atom is -0.264 e. The van der Waals surface area contributed by atoms with Gasteiger partial charge in [0.1, 0.15) is 0 Å². The Morgan fingerprint density at radius 1 is 1.12 bits per heavy atom. The number of rotatable bonds is 5. The molecule has 0 spiro atoms. The van der Waals surface area contributed by atoms with Crippen LogP contribution in [-0.2, 0) is 6.42 Å². The summed E-state index contributed by atoms with van der Waals surface area (Å²) in [6.45, 7) is 10.5. The molecule has 3 aromatic rings. The van der Waals surface area contributed by atoms with Crippen LogP contribution in [0.5, 0.6) is 0 Å². The number of aliphatic imine (C=N–C) groups is 1. The van der Waals surface area contributed by atoms with Crippen LogP contribution in [0.1, 0.15) is 44.2 Å². The highest BCUT2D eigenvalue weighted by atomic mass is 14.7. The Balaban J connectivity index is 2.29. The lowest BCUT2D eigenvalue weighted by atomic mass is 9.89. The first kappa shape index (κ1) is 16.4. The molecule has 2 aromatic carbocycles. The molecule has 1 unspecified atom stereocenters. The van der Waals surface area contributed by atoms with Crippen molar-refractivity contribution >= 4 is 23.3 Å². The maximum Gasteiger partial charge on any atom is 0.0780 e. The smallest absolute Gasteiger partial charge is 0.0780 e. The van der Waals surface area contributed by atoms with Gasteiger partial charge in [0.05, 0.1) is 11.2 Å². The number of nitrogens with zero attached hydrogens (tertiary/aromatic N) is 2. The van der Waals surface area contributed by atoms with E-state index in [1.807, 2.05) is 12.3 Å². The Morgan fingerprint density at radius 3 is 2.62 bits per heavy atom. The van der Waals surface area contributed by atoms with E-state index in [9.17, 15) is 0 Å². The lowest BCUT2D eigenvalue weighted by Crippen LogP contribution is -1.97. The van der Waals surface area contributed by atoms with Crippen LogP contribution in [0.15, 0.2) is 53.7 Å². The van der Waals surface area contributed by atoms with Crippen molar-refractivity contribution in [3.63, 3.8) is 0 Å². The van der Waals surface area contributed by atoms with Gasteiger partial charge < -0.3 is 0 Å². The summed E-state index contributed by atoms with van der Waals surface area (Å²) in [5.41, 5.74) is 7.06. The predicted octanol–water partition coefficient (Wildman–Crippen LogP) is 6.31. The number of fused-ring (bicyclic) bond motifs is 1. The third kappa shape index (κ3) is 2.84. The van der Waals surface area contributed by atoms with E-state index in [-0.39, 0.29) is 0 Å². The van der Waals surface area contributed by atoms with Gasteiger partial charge in [0, 0.05) is 17.1 Å². The second-order valence-corrected chi connectivity index (χ2v) is 6.27. The molecule has 0 radical (unpaired) electrons. The molecule has 2 heteroatoms. The van der Waals surface area contributed by atoms with E-state index < -0.39 is 0 Å². The lowest BCUT2D eigenvalue weighted by Gasteiger charge is -2.18. The summed E-state index contributed by atoms with van der Waals surface area (Å²) >= 11 is 0. The summed E-state index contributed by atoms with van der Waals surface area (Å²) in [6.07, 6.45) is 3.90. The quantitative estimate of drug-likeness (QED) is 0.506. The molecule has 0 saturated carbocycles. The highest BCUT2D eigenvalue weighted by Gasteiger charge is 2.15. The Bertz CT molecular complexity index is 875. The molecule has 0 aliphatic rings. The fourth-order valence-corrected chi connectivity index (χ4v) is 3.27. The number of hydrogen-bond donors (Lipinski definition) is 0. The zero-order valence-corrected chi connectivity index (χ0v) is 14.7. The SMILES string of the molecule is C=Nc1c(CC)cc(-c2cccc3cccnc23)cc1C(C)CC. The van der Waals surface area contributed by atoms with E-state index in [4.69, 9.17) is 0 Å². The molecule has 0 aliphatic carbocycles. The Hall–Kier alpha value is -2.48. The maximum atomic E-state index is 4.61. The first-order chi connectivity index (χ1) is 11.7. The summed E-state index contributed by atoms with van der Waals surface area (Å²) in [4.78, 5) is 8.96. The lowest BCUT2D eigenvalue weighted by molar-refractivity contribution is 0.733. The number of hydrogen-bond acceptors (Lipinski definition) is 2. The van der Waals surface area contributed by atoms with Crippen LogP contribution < -0.4 is 0 Å². The van der Waals surface area contributed by atoms with Gasteiger partial charge in [0.15, 0.2) is 0 Å². The fourth-order valence-electron chi connectivity index (χ4n) is 3.27. The monoisotopic (exact) mass is 316 g/mol. The molecule has 0 saturated heterocycles. The average molecular weight is 316 g/mol. The third-order valence-corrected chi connectivity index (χ3v) is 4.84. The minimum atomic E-state index is 0.457. The van der Waals surface area contributed by atoms with E-state index in [0.717, 1.165) is 24.0 Å². The highest BCUT2D eigenvalue weighted by Crippen LogP contribution is 2.38. The molecule has 1 atom stereocenters. The topological polar surface area (TPSA) is 25.2 Å². The molecule has 0 N–H and O–H groups in total. The van der Waals surface area contributed by atoms with Gasteiger partial charge in [0.25, 0.3) is 0 Å². The number of para-hydroxylation sites is 1. The van der Waals surface area contributed by atoms with Crippen molar-refractivity contribution < 1.29 is 0 Å². The molecule has 1 aromatic heterocycles. The zero-order valence-electron chi connectivity index (χ0n) is 14.7. The van der Waals surface area contributed by atoms with Crippen LogP contribution in [0.2, 0.25) is 0 Å². The van der Waals surface area contributed by atoms with E-state index in [1.54, 1.807) is 0 Å². The Morgan fingerprint density at radius 2 is 1.92 bits per heavy atom. The standard InChI is InChI=1S/C22H24N2/c1-5-15(3)20-14-18(13-16(6-2)21(20)23-4)19-11-7-9-17-10-8-12-24-22(17)19/h7-15H,4-6H2,1-3H3. The molecule has 0 amide bonds. The predicted molar refractivity (Wildman–Crippen MR) is 104 cm³/mol. The van der Waals surface area contributed by atoms with Gasteiger partial charge in [0.2, 0.25) is 0 Å². The molecule has 122 valence electrons. The Kier molecular flexibility index (Phi) is 4.75. The summed E-state index contributed by atoms with van der Waals surface area (Å²) in [5, 5.41) is 1.17. The number of aryl methyl sites for hydroxylation is 1. The van der Waals surface area contributed by atoms with Crippen LogP contribution in [0, 0.1) is 0 Å². The Labute approximate surface area is 144 Å². The number of pyridine rings is 1. The normalized spacial score (nSPS) is 12.3. The summed E-state index contributed by atoms with van der Waals surface area (Å²) < 4.78 is 0. The van der Waals surface area contributed by atoms with Crippen molar-refractivity contribution in [2.75, 3.05) is 0 Å². The van der Waals surface area contributed by atoms with Crippen molar-refractivity contribution in [1.82, 2.24) is 4.98 Å². The summed E-state index contributed by atoms with van der Waals surface area (Å²) in [7, 11) is 0. The molecular weight excluding hydrogens is 292 g/mol. The van der Waals surface area contributed by atoms with Crippen LogP contribution in [-0.4, -0.2) is 11.7 Å². The van der Waals surface area contributed by atoms with E-state index in [2.05, 4.69) is 73.9 Å². The molecule has 1 heterocycles. The first-order valence-electron chi connectivity index (χ1n) is 8.67. The summed E-state index contributed by atoms with van der Waals surface area (Å²) in [5.74, 6) is 0.457. The molecule has 2 nitrogen and oxygen atoms in total. The number of benzene rings is 2. The van der Waals surface area contributed by atoms with E-state index in [1.165, 1.54) is 27.6 Å². The van der Waals surface area contributed by atoms with Crippen molar-refractivity contribution in [2.24, 2.45) is 4.99 Å². The first-order valence-corrected chi connectivity index (χ1v) is 8.67. The zero-order chi connectivity index (χ0) is 17.1.